The van der Waals surface area contributed by atoms with Gasteiger partial charge < -0.3 is 0 Å². The van der Waals surface area contributed by atoms with E-state index in [1.165, 1.54) is 0 Å². The smallest absolute Gasteiger partial charge is 0.0683 e. The SMILES string of the molecule is C=C.CC.CC.CC. The van der Waals surface area contributed by atoms with Gasteiger partial charge in [-0.3, -0.25) is 0 Å². The first-order valence-corrected chi connectivity index (χ1v) is 3.50. The zero-order valence-electron chi connectivity index (χ0n) is 7.41. The largest absolute Gasteiger partial charge is 0.106 e. The third kappa shape index (κ3) is 1910. The molecule has 0 spiro atoms. The first-order valence-electron chi connectivity index (χ1n) is 3.50. The first-order chi connectivity index (χ1) is 4.00. The summed E-state index contributed by atoms with van der Waals surface area (Å²) >= 11 is 0. The van der Waals surface area contributed by atoms with E-state index in [2.05, 4.69) is 13.2 Å². The summed E-state index contributed by atoms with van der Waals surface area (Å²) in [4.78, 5) is 0. The van der Waals surface area contributed by atoms with Crippen LogP contribution < -0.4 is 0 Å². The van der Waals surface area contributed by atoms with Crippen LogP contribution in [0.5, 0.6) is 0 Å². The van der Waals surface area contributed by atoms with Gasteiger partial charge in [0.1, 0.15) is 0 Å². The van der Waals surface area contributed by atoms with Crippen molar-refractivity contribution in [2.45, 2.75) is 41.5 Å². The van der Waals surface area contributed by atoms with Crippen LogP contribution in [0.25, 0.3) is 0 Å². The summed E-state index contributed by atoms with van der Waals surface area (Å²) < 4.78 is 0. The van der Waals surface area contributed by atoms with Gasteiger partial charge >= 0.3 is 0 Å². The Kier molecular flexibility index (Phi) is 10300. The third-order valence-corrected chi connectivity index (χ3v) is 0. The van der Waals surface area contributed by atoms with Crippen molar-refractivity contribution >= 4 is 0 Å². The van der Waals surface area contributed by atoms with Gasteiger partial charge in [-0.2, -0.15) is 0 Å². The summed E-state index contributed by atoms with van der Waals surface area (Å²) in [7, 11) is 0. The Morgan fingerprint density at radius 2 is 0.500 bits per heavy atom. The highest BCUT2D eigenvalue weighted by molar-refractivity contribution is 4.22. The normalized spacial score (nSPS) is 2.75. The molecule has 0 aromatic heterocycles. The summed E-state index contributed by atoms with van der Waals surface area (Å²) in [6, 6.07) is 0. The molecule has 0 radical (unpaired) electrons. The Hall–Kier alpha value is -0.260. The fourth-order valence-corrected chi connectivity index (χ4v) is 0. The quantitative estimate of drug-likeness (QED) is 0.423. The minimum Gasteiger partial charge on any atom is -0.106 e. The van der Waals surface area contributed by atoms with Gasteiger partial charge in [-0.15, -0.1) is 13.2 Å². The molecular weight excluding hydrogens is 96.1 g/mol. The lowest BCUT2D eigenvalue weighted by atomic mass is 11.0. The molecular formula is C8H22. The molecule has 0 aliphatic carbocycles. The predicted molar refractivity (Wildman–Crippen MR) is 45.3 cm³/mol. The molecule has 0 aromatic rings. The molecule has 0 unspecified atom stereocenters. The fraction of sp³-hybridized carbons (Fsp3) is 0.750. The number of hydrogen-bond acceptors (Lipinski definition) is 0. The second-order valence-electron chi connectivity index (χ2n) is 0. The topological polar surface area (TPSA) is 0 Å². The molecule has 0 bridgehead atoms. The third-order valence-electron chi connectivity index (χ3n) is 0. The molecule has 0 aliphatic rings. The van der Waals surface area contributed by atoms with Gasteiger partial charge in [0.05, 0.1) is 0 Å². The number of hydrogen-bond donors (Lipinski definition) is 0. The van der Waals surface area contributed by atoms with Crippen molar-refractivity contribution in [1.29, 1.82) is 0 Å². The summed E-state index contributed by atoms with van der Waals surface area (Å²) in [5.41, 5.74) is 0. The minimum absolute atomic E-state index is 2.00. The fourth-order valence-electron chi connectivity index (χ4n) is 0. The second kappa shape index (κ2) is 3290. The second-order valence-corrected chi connectivity index (χ2v) is 0. The molecule has 0 saturated carbocycles. The molecule has 0 rings (SSSR count). The van der Waals surface area contributed by atoms with Gasteiger partial charge in [0, 0.05) is 0 Å². The molecule has 54 valence electrons. The maximum Gasteiger partial charge on any atom is -0.0683 e. The van der Waals surface area contributed by atoms with Crippen LogP contribution in [0.15, 0.2) is 13.2 Å². The average molecular weight is 118 g/mol. The van der Waals surface area contributed by atoms with Crippen LogP contribution in [0.3, 0.4) is 0 Å². The lowest BCUT2D eigenvalue weighted by Gasteiger charge is -1.07. The van der Waals surface area contributed by atoms with E-state index in [1.807, 2.05) is 41.5 Å². The van der Waals surface area contributed by atoms with E-state index < -0.39 is 0 Å². The number of rotatable bonds is 0. The predicted octanol–water partition coefficient (Wildman–Crippen LogP) is 3.88. The molecule has 0 saturated heterocycles. The highest BCUT2D eigenvalue weighted by Gasteiger charge is 0.936. The van der Waals surface area contributed by atoms with E-state index >= 15 is 0 Å². The summed E-state index contributed by atoms with van der Waals surface area (Å²) in [5, 5.41) is 0. The molecule has 0 nitrogen and oxygen atoms in total. The van der Waals surface area contributed by atoms with Gasteiger partial charge in [-0.25, -0.2) is 0 Å². The molecule has 0 fully saturated rings. The average Bonchev–Trinajstić information content (AvgIpc) is 2.03. The summed E-state index contributed by atoms with van der Waals surface area (Å²) in [6.45, 7) is 18.0. The van der Waals surface area contributed by atoms with Crippen LogP contribution in [0.4, 0.5) is 0 Å². The van der Waals surface area contributed by atoms with Gasteiger partial charge in [-0.1, -0.05) is 41.5 Å². The highest BCUT2D eigenvalue weighted by Crippen LogP contribution is 1.15. The first kappa shape index (κ1) is 25.1. The van der Waals surface area contributed by atoms with Crippen molar-refractivity contribution in [2.75, 3.05) is 0 Å². The summed E-state index contributed by atoms with van der Waals surface area (Å²) in [5.74, 6) is 0. The minimum atomic E-state index is 2.00. The van der Waals surface area contributed by atoms with E-state index in [4.69, 9.17) is 0 Å². The van der Waals surface area contributed by atoms with E-state index in [-0.39, 0.29) is 0 Å². The van der Waals surface area contributed by atoms with Crippen molar-refractivity contribution in [3.05, 3.63) is 13.2 Å². The van der Waals surface area contributed by atoms with Gasteiger partial charge in [-0.05, 0) is 0 Å². The molecule has 0 N–H and O–H groups in total. The molecule has 0 aromatic carbocycles. The molecule has 0 aliphatic heterocycles. The van der Waals surface area contributed by atoms with Crippen molar-refractivity contribution in [3.8, 4) is 0 Å². The van der Waals surface area contributed by atoms with E-state index in [0.717, 1.165) is 0 Å². The lowest BCUT2D eigenvalue weighted by Crippen LogP contribution is -0.856. The lowest BCUT2D eigenvalue weighted by molar-refractivity contribution is 1.50. The Morgan fingerprint density at radius 1 is 0.500 bits per heavy atom. The Labute approximate surface area is 55.6 Å². The van der Waals surface area contributed by atoms with Gasteiger partial charge in [0.15, 0.2) is 0 Å². The van der Waals surface area contributed by atoms with Gasteiger partial charge in [0.2, 0.25) is 0 Å². The molecule has 0 atom stereocenters. The molecule has 8 heavy (non-hydrogen) atoms. The molecule has 0 amide bonds. The van der Waals surface area contributed by atoms with Crippen LogP contribution in [0, 0.1) is 0 Å². The van der Waals surface area contributed by atoms with E-state index in [9.17, 15) is 0 Å². The highest BCUT2D eigenvalue weighted by atomic mass is 13.0. The van der Waals surface area contributed by atoms with Gasteiger partial charge in [0.25, 0.3) is 0 Å². The molecule has 0 heteroatoms. The van der Waals surface area contributed by atoms with Crippen molar-refractivity contribution in [1.82, 2.24) is 0 Å². The molecule has 0 heterocycles. The Balaban J connectivity index is -0.0000000133. The Bertz CT molecular complexity index is 0. The van der Waals surface area contributed by atoms with E-state index in [0.29, 0.717) is 0 Å². The zero-order chi connectivity index (χ0) is 8.00. The van der Waals surface area contributed by atoms with Crippen LogP contribution in [0.2, 0.25) is 0 Å². The van der Waals surface area contributed by atoms with Crippen molar-refractivity contribution in [2.24, 2.45) is 0 Å². The zero-order valence-corrected chi connectivity index (χ0v) is 7.41. The van der Waals surface area contributed by atoms with Crippen LogP contribution >= 0.6 is 0 Å². The van der Waals surface area contributed by atoms with Crippen LogP contribution in [0.1, 0.15) is 41.5 Å². The van der Waals surface area contributed by atoms with Crippen LogP contribution in [-0.2, 0) is 0 Å². The van der Waals surface area contributed by atoms with E-state index in [1.54, 1.807) is 0 Å². The van der Waals surface area contributed by atoms with Crippen molar-refractivity contribution in [3.63, 3.8) is 0 Å². The maximum atomic E-state index is 3.00. The van der Waals surface area contributed by atoms with Crippen LogP contribution in [-0.4, -0.2) is 0 Å². The Morgan fingerprint density at radius 3 is 0.500 bits per heavy atom. The maximum absolute atomic E-state index is 3.00. The summed E-state index contributed by atoms with van der Waals surface area (Å²) in [6.07, 6.45) is 0. The monoisotopic (exact) mass is 118 g/mol. The van der Waals surface area contributed by atoms with Crippen molar-refractivity contribution < 1.29 is 0 Å². The standard InChI is InChI=1S/3C2H6.C2H4/c4*1-2/h3*1-2H3;1-2H2.